The van der Waals surface area contributed by atoms with Crippen LogP contribution in [0, 0.1) is 5.92 Å². The van der Waals surface area contributed by atoms with Crippen LogP contribution in [-0.4, -0.2) is 20.1 Å². The maximum atomic E-state index is 13.1. The van der Waals surface area contributed by atoms with E-state index in [2.05, 4.69) is 39.8 Å². The van der Waals surface area contributed by atoms with E-state index in [0.29, 0.717) is 11.5 Å². The van der Waals surface area contributed by atoms with Crippen LogP contribution in [0.3, 0.4) is 0 Å². The van der Waals surface area contributed by atoms with Gasteiger partial charge < -0.3 is 13.6 Å². The summed E-state index contributed by atoms with van der Waals surface area (Å²) in [7, 11) is -2.56. The van der Waals surface area contributed by atoms with Crippen LogP contribution in [0.15, 0.2) is 17.7 Å². The Morgan fingerprint density at radius 1 is 1.21 bits per heavy atom. The highest BCUT2D eigenvalue weighted by Gasteiger charge is 2.49. The van der Waals surface area contributed by atoms with Gasteiger partial charge in [-0.15, -0.1) is 0 Å². The molecule has 2 aliphatic heterocycles. The number of rotatable bonds is 4. The molecule has 0 amide bonds. The second-order valence-corrected chi connectivity index (χ2v) is 13.1. The molecule has 0 saturated heterocycles. The summed E-state index contributed by atoms with van der Waals surface area (Å²) < 4.78 is 18.8. The highest BCUT2D eigenvalue weighted by Crippen LogP contribution is 2.55. The van der Waals surface area contributed by atoms with Crippen molar-refractivity contribution in [2.24, 2.45) is 5.92 Å². The molecule has 4 rings (SSSR count). The molecule has 0 fully saturated rings. The van der Waals surface area contributed by atoms with E-state index in [0.717, 1.165) is 61.2 Å². The molecular weight excluding hydrogens is 380 g/mol. The first-order valence-corrected chi connectivity index (χ1v) is 13.9. The molecule has 2 heterocycles. The molecule has 2 atom stereocenters. The molecule has 4 nitrogen and oxygen atoms in total. The molecule has 1 aromatic rings. The van der Waals surface area contributed by atoms with Crippen LogP contribution in [0.2, 0.25) is 13.1 Å². The van der Waals surface area contributed by atoms with Crippen LogP contribution in [-0.2, 0) is 10.8 Å². The first kappa shape index (κ1) is 20.5. The number of unbranched alkanes of at least 4 members (excludes halogenated alkanes) is 2. The molecule has 5 heteroatoms. The molecule has 1 aliphatic carbocycles. The van der Waals surface area contributed by atoms with Crippen molar-refractivity contribution in [1.82, 2.24) is 0 Å². The normalized spacial score (nSPS) is 26.1. The molecule has 0 bridgehead atoms. The number of hydrogen-bond donors (Lipinski definition) is 0. The average Bonchev–Trinajstić information content (AvgIpc) is 2.59. The number of fused-ring (bicyclic) bond motifs is 5. The Kier molecular flexibility index (Phi) is 5.08. The smallest absolute Gasteiger partial charge is 0.456 e. The maximum Gasteiger partial charge on any atom is 0.456 e. The van der Waals surface area contributed by atoms with Gasteiger partial charge in [0.25, 0.3) is 0 Å². The van der Waals surface area contributed by atoms with Gasteiger partial charge in [-0.3, -0.25) is 0 Å². The second kappa shape index (κ2) is 7.19. The lowest BCUT2D eigenvalue weighted by molar-refractivity contribution is 0.0106. The lowest BCUT2D eigenvalue weighted by atomic mass is 9.67. The fourth-order valence-electron chi connectivity index (χ4n) is 5.23. The molecular formula is C24H34O4Si. The van der Waals surface area contributed by atoms with Gasteiger partial charge in [0, 0.05) is 30.5 Å². The molecule has 1 aromatic carbocycles. The zero-order valence-electron chi connectivity index (χ0n) is 18.7. The zero-order chi connectivity index (χ0) is 21.0. The van der Waals surface area contributed by atoms with Crippen molar-refractivity contribution in [3.05, 3.63) is 34.4 Å². The van der Waals surface area contributed by atoms with E-state index in [1.165, 1.54) is 5.57 Å². The number of hydrogen-bond acceptors (Lipinski definition) is 4. The van der Waals surface area contributed by atoms with E-state index in [1.54, 1.807) is 0 Å². The summed E-state index contributed by atoms with van der Waals surface area (Å²) in [6.45, 7) is 12.7. The van der Waals surface area contributed by atoms with E-state index >= 15 is 0 Å². The quantitative estimate of drug-likeness (QED) is 0.330. The Morgan fingerprint density at radius 2 is 1.97 bits per heavy atom. The highest BCUT2D eigenvalue weighted by atomic mass is 28.4. The summed E-state index contributed by atoms with van der Waals surface area (Å²) in [5.74, 6) is 2.03. The lowest BCUT2D eigenvalue weighted by Crippen LogP contribution is -2.48. The topological polar surface area (TPSA) is 44.8 Å². The Hall–Kier alpha value is -1.75. The minimum Gasteiger partial charge on any atom is -0.511 e. The minimum absolute atomic E-state index is 0.213. The Balaban J connectivity index is 1.92. The monoisotopic (exact) mass is 414 g/mol. The van der Waals surface area contributed by atoms with Gasteiger partial charge in [-0.1, -0.05) is 31.4 Å². The summed E-state index contributed by atoms with van der Waals surface area (Å²) in [4.78, 5) is 13.1. The molecule has 0 saturated carbocycles. The lowest BCUT2D eigenvalue weighted by Gasteiger charge is -2.48. The summed E-state index contributed by atoms with van der Waals surface area (Å²) in [5, 5.41) is 0. The number of carbonyl (C=O) groups excluding carboxylic acids is 1. The molecule has 0 N–H and O–H groups in total. The zero-order valence-corrected chi connectivity index (χ0v) is 19.7. The average molecular weight is 415 g/mol. The van der Waals surface area contributed by atoms with E-state index in [4.69, 9.17) is 13.6 Å². The van der Waals surface area contributed by atoms with E-state index in [9.17, 15) is 4.79 Å². The number of ether oxygens (including phenoxy) is 1. The predicted molar refractivity (Wildman–Crippen MR) is 117 cm³/mol. The van der Waals surface area contributed by atoms with Crippen molar-refractivity contribution in [3.63, 3.8) is 0 Å². The van der Waals surface area contributed by atoms with Crippen molar-refractivity contribution in [2.75, 3.05) is 0 Å². The fourth-order valence-corrected chi connectivity index (χ4v) is 6.52. The fraction of sp³-hybridized carbons (Fsp3) is 0.625. The van der Waals surface area contributed by atoms with Gasteiger partial charge >= 0.3 is 14.5 Å². The Morgan fingerprint density at radius 3 is 2.69 bits per heavy atom. The summed E-state index contributed by atoms with van der Waals surface area (Å²) in [6.07, 6.45) is 8.75. The Bertz CT molecular complexity index is 868. The highest BCUT2D eigenvalue weighted by molar-refractivity contribution is 6.68. The molecule has 0 spiro atoms. The van der Waals surface area contributed by atoms with Crippen LogP contribution >= 0.6 is 0 Å². The Labute approximate surface area is 175 Å². The van der Waals surface area contributed by atoms with Gasteiger partial charge in [0.05, 0.1) is 0 Å². The number of carbonyl (C=O) groups is 1. The first-order valence-electron chi connectivity index (χ1n) is 11.1. The third kappa shape index (κ3) is 3.62. The van der Waals surface area contributed by atoms with Gasteiger partial charge in [-0.2, -0.15) is 0 Å². The van der Waals surface area contributed by atoms with Crippen molar-refractivity contribution in [3.8, 4) is 11.5 Å². The van der Waals surface area contributed by atoms with Gasteiger partial charge in [-0.25, -0.2) is 4.79 Å². The first-order chi connectivity index (χ1) is 13.6. The largest absolute Gasteiger partial charge is 0.511 e. The van der Waals surface area contributed by atoms with E-state index < -0.39 is 8.56 Å². The summed E-state index contributed by atoms with van der Waals surface area (Å²) in [6, 6.07) is 2.10. The summed E-state index contributed by atoms with van der Waals surface area (Å²) >= 11 is 0. The molecule has 0 radical (unpaired) electrons. The third-order valence-corrected chi connectivity index (χ3v) is 8.02. The van der Waals surface area contributed by atoms with Crippen LogP contribution in [0.25, 0.3) is 0 Å². The molecule has 3 aliphatic rings. The SMILES string of the molecule is CCCCCc1cc2c(c3c1C(=O)O[Si](C)(C)O3)[C@@H]1C=C(C)CC[C@H]1C(C)(C)O2. The number of benzene rings is 1. The van der Waals surface area contributed by atoms with Crippen LogP contribution in [0.4, 0.5) is 0 Å². The van der Waals surface area contributed by atoms with Crippen molar-refractivity contribution in [2.45, 2.75) is 90.8 Å². The van der Waals surface area contributed by atoms with Gasteiger partial charge in [0.15, 0.2) is 0 Å². The molecule has 29 heavy (non-hydrogen) atoms. The minimum atomic E-state index is -2.56. The van der Waals surface area contributed by atoms with Crippen molar-refractivity contribution in [1.29, 1.82) is 0 Å². The maximum absolute atomic E-state index is 13.1. The summed E-state index contributed by atoms with van der Waals surface area (Å²) in [5.41, 5.74) is 3.88. The van der Waals surface area contributed by atoms with Gasteiger partial charge in [0.2, 0.25) is 0 Å². The third-order valence-electron chi connectivity index (χ3n) is 6.65. The molecule has 0 unspecified atom stereocenters. The van der Waals surface area contributed by atoms with Crippen molar-refractivity contribution >= 4 is 14.5 Å². The standard InChI is InChI=1S/C24H34O4Si/c1-7-8-9-10-16-14-19-21(22-20(16)23(25)28-29(5,6)27-22)17-13-15(2)11-12-18(17)24(3,4)26-19/h13-14,17-18H,7-12H2,1-6H3/t17-,18-/m1/s1. The molecule has 158 valence electrons. The van der Waals surface area contributed by atoms with Crippen molar-refractivity contribution < 1.29 is 18.4 Å². The second-order valence-electron chi connectivity index (χ2n) is 9.89. The predicted octanol–water partition coefficient (Wildman–Crippen LogP) is 6.28. The van der Waals surface area contributed by atoms with Crippen LogP contribution in [0.5, 0.6) is 11.5 Å². The van der Waals surface area contributed by atoms with E-state index in [-0.39, 0.29) is 17.5 Å². The number of aryl methyl sites for hydroxylation is 1. The van der Waals surface area contributed by atoms with Gasteiger partial charge in [-0.05, 0) is 58.1 Å². The molecule has 0 aromatic heterocycles. The van der Waals surface area contributed by atoms with Crippen LogP contribution < -0.4 is 9.16 Å². The van der Waals surface area contributed by atoms with E-state index in [1.807, 2.05) is 13.1 Å². The van der Waals surface area contributed by atoms with Gasteiger partial charge in [0.1, 0.15) is 22.7 Å². The number of allylic oxidation sites excluding steroid dienone is 2. The van der Waals surface area contributed by atoms with Crippen LogP contribution in [0.1, 0.15) is 87.2 Å².